The summed E-state index contributed by atoms with van der Waals surface area (Å²) in [6.07, 6.45) is 3.43. The van der Waals surface area contributed by atoms with E-state index < -0.39 is 0 Å². The molecule has 0 atom stereocenters. The van der Waals surface area contributed by atoms with Crippen molar-refractivity contribution in [1.29, 1.82) is 0 Å². The van der Waals surface area contributed by atoms with Crippen LogP contribution < -0.4 is 5.43 Å². The van der Waals surface area contributed by atoms with Crippen LogP contribution in [0.25, 0.3) is 10.9 Å². The van der Waals surface area contributed by atoms with E-state index >= 15 is 0 Å². The van der Waals surface area contributed by atoms with Gasteiger partial charge in [-0.05, 0) is 18.6 Å². The van der Waals surface area contributed by atoms with Crippen LogP contribution >= 0.6 is 0 Å². The van der Waals surface area contributed by atoms with Gasteiger partial charge in [-0.3, -0.25) is 4.79 Å². The van der Waals surface area contributed by atoms with Gasteiger partial charge in [0.05, 0.1) is 11.9 Å². The van der Waals surface area contributed by atoms with Crippen LogP contribution in [0, 0.1) is 0 Å². The minimum absolute atomic E-state index is 0.199. The molecule has 0 aliphatic heterocycles. The van der Waals surface area contributed by atoms with Crippen LogP contribution in [0.4, 0.5) is 0 Å². The number of oxime groups is 1. The number of hydrazone groups is 1. The van der Waals surface area contributed by atoms with E-state index in [1.807, 2.05) is 67.7 Å². The molecule has 1 heterocycles. The molecular weight excluding hydrogens is 316 g/mol. The molecule has 0 saturated heterocycles. The Morgan fingerprint density at radius 1 is 1.16 bits per heavy atom. The lowest BCUT2D eigenvalue weighted by molar-refractivity contribution is -0.125. The Hall–Kier alpha value is -3.41. The van der Waals surface area contributed by atoms with Gasteiger partial charge >= 0.3 is 0 Å². The van der Waals surface area contributed by atoms with Gasteiger partial charge in [0, 0.05) is 22.7 Å². The zero-order valence-corrected chi connectivity index (χ0v) is 13.8. The third kappa shape index (κ3) is 4.32. The molecule has 0 unspecified atom stereocenters. The summed E-state index contributed by atoms with van der Waals surface area (Å²) in [6, 6.07) is 17.5. The van der Waals surface area contributed by atoms with Gasteiger partial charge in [-0.15, -0.1) is 0 Å². The number of benzene rings is 2. The predicted molar refractivity (Wildman–Crippen MR) is 98.6 cm³/mol. The van der Waals surface area contributed by atoms with E-state index in [-0.39, 0.29) is 12.5 Å². The highest BCUT2D eigenvalue weighted by molar-refractivity contribution is 5.99. The van der Waals surface area contributed by atoms with E-state index in [1.54, 1.807) is 6.21 Å². The number of para-hydroxylation sites is 1. The van der Waals surface area contributed by atoms with Crippen LogP contribution in [0.5, 0.6) is 0 Å². The van der Waals surface area contributed by atoms with E-state index in [1.165, 1.54) is 0 Å². The zero-order chi connectivity index (χ0) is 17.5. The molecule has 2 aromatic carbocycles. The summed E-state index contributed by atoms with van der Waals surface area (Å²) >= 11 is 0. The second-order valence-electron chi connectivity index (χ2n) is 5.40. The predicted octanol–water partition coefficient (Wildman–Crippen LogP) is 3.06. The fraction of sp³-hybridized carbons (Fsp3) is 0.105. The SMILES string of the molecule is C/C(=N/OCC(=O)N/N=C\c1c[nH]c2ccccc12)c1ccccc1. The molecule has 3 rings (SSSR count). The quantitative estimate of drug-likeness (QED) is 0.537. The third-order valence-electron chi connectivity index (χ3n) is 3.60. The van der Waals surface area contributed by atoms with Crippen LogP contribution in [0.3, 0.4) is 0 Å². The Kier molecular flexibility index (Phi) is 5.21. The Balaban J connectivity index is 1.50. The average molecular weight is 334 g/mol. The number of nitrogens with one attached hydrogen (secondary N) is 2. The molecule has 0 radical (unpaired) electrons. The summed E-state index contributed by atoms with van der Waals surface area (Å²) in [5.41, 5.74) is 5.99. The summed E-state index contributed by atoms with van der Waals surface area (Å²) < 4.78 is 0. The number of aromatic amines is 1. The number of carbonyl (C=O) groups excluding carboxylic acids is 1. The number of nitrogens with zero attached hydrogens (tertiary/aromatic N) is 2. The number of H-pyrrole nitrogens is 1. The van der Waals surface area contributed by atoms with Gasteiger partial charge in [-0.25, -0.2) is 5.43 Å². The summed E-state index contributed by atoms with van der Waals surface area (Å²) in [6.45, 7) is 1.62. The van der Waals surface area contributed by atoms with Gasteiger partial charge in [-0.1, -0.05) is 53.7 Å². The fourth-order valence-electron chi connectivity index (χ4n) is 2.33. The summed E-state index contributed by atoms with van der Waals surface area (Å²) in [7, 11) is 0. The lowest BCUT2D eigenvalue weighted by Crippen LogP contribution is -2.22. The Morgan fingerprint density at radius 3 is 2.76 bits per heavy atom. The highest BCUT2D eigenvalue weighted by atomic mass is 16.6. The largest absolute Gasteiger partial charge is 0.385 e. The van der Waals surface area contributed by atoms with E-state index in [9.17, 15) is 4.79 Å². The molecule has 6 heteroatoms. The van der Waals surface area contributed by atoms with Crippen molar-refractivity contribution in [2.75, 3.05) is 6.61 Å². The van der Waals surface area contributed by atoms with Crippen molar-refractivity contribution >= 4 is 28.7 Å². The minimum Gasteiger partial charge on any atom is -0.385 e. The highest BCUT2D eigenvalue weighted by Gasteiger charge is 2.02. The number of fused-ring (bicyclic) bond motifs is 1. The maximum atomic E-state index is 11.7. The van der Waals surface area contributed by atoms with Crippen molar-refractivity contribution in [3.8, 4) is 0 Å². The summed E-state index contributed by atoms with van der Waals surface area (Å²) in [5.74, 6) is -0.374. The first-order valence-corrected chi connectivity index (χ1v) is 7.84. The average Bonchev–Trinajstić information content (AvgIpc) is 3.06. The van der Waals surface area contributed by atoms with Crippen LogP contribution in [0.15, 0.2) is 71.1 Å². The monoisotopic (exact) mass is 334 g/mol. The molecule has 126 valence electrons. The van der Waals surface area contributed by atoms with Gasteiger partial charge in [0.15, 0.2) is 6.61 Å². The van der Waals surface area contributed by atoms with Crippen LogP contribution in [-0.4, -0.2) is 29.4 Å². The number of amides is 1. The maximum absolute atomic E-state index is 11.7. The lowest BCUT2D eigenvalue weighted by Gasteiger charge is -2.01. The number of aromatic nitrogens is 1. The molecule has 25 heavy (non-hydrogen) atoms. The molecule has 1 aromatic heterocycles. The summed E-state index contributed by atoms with van der Waals surface area (Å²) in [4.78, 5) is 19.9. The molecule has 0 saturated carbocycles. The second-order valence-corrected chi connectivity index (χ2v) is 5.40. The standard InChI is InChI=1S/C19H18N4O2/c1-14(15-7-3-2-4-8-15)23-25-13-19(24)22-21-12-16-11-20-18-10-6-5-9-17(16)18/h2-12,20H,13H2,1H3,(H,22,24)/b21-12-,23-14-. The highest BCUT2D eigenvalue weighted by Crippen LogP contribution is 2.15. The smallest absolute Gasteiger partial charge is 0.280 e. The molecule has 2 N–H and O–H groups in total. The van der Waals surface area contributed by atoms with E-state index in [2.05, 4.69) is 20.7 Å². The molecule has 0 aliphatic rings. The van der Waals surface area contributed by atoms with Gasteiger partial charge in [0.1, 0.15) is 0 Å². The number of hydrogen-bond acceptors (Lipinski definition) is 4. The number of rotatable bonds is 6. The first-order chi connectivity index (χ1) is 12.2. The Labute approximate surface area is 145 Å². The number of hydrogen-bond donors (Lipinski definition) is 2. The first-order valence-electron chi connectivity index (χ1n) is 7.84. The molecule has 0 fully saturated rings. The van der Waals surface area contributed by atoms with Crippen molar-refractivity contribution in [2.24, 2.45) is 10.3 Å². The van der Waals surface area contributed by atoms with Crippen molar-refractivity contribution < 1.29 is 9.63 Å². The van der Waals surface area contributed by atoms with E-state index in [0.717, 1.165) is 22.0 Å². The van der Waals surface area contributed by atoms with E-state index in [0.29, 0.717) is 5.71 Å². The van der Waals surface area contributed by atoms with Gasteiger partial charge < -0.3 is 9.82 Å². The zero-order valence-electron chi connectivity index (χ0n) is 13.8. The van der Waals surface area contributed by atoms with Crippen LogP contribution in [0.2, 0.25) is 0 Å². The van der Waals surface area contributed by atoms with E-state index in [4.69, 9.17) is 4.84 Å². The molecule has 6 nitrogen and oxygen atoms in total. The molecule has 3 aromatic rings. The normalized spacial score (nSPS) is 11.8. The second kappa shape index (κ2) is 7.92. The van der Waals surface area contributed by atoms with Crippen LogP contribution in [-0.2, 0) is 9.63 Å². The molecule has 0 aliphatic carbocycles. The topological polar surface area (TPSA) is 78.8 Å². The van der Waals surface area contributed by atoms with Gasteiger partial charge in [0.25, 0.3) is 5.91 Å². The van der Waals surface area contributed by atoms with Crippen molar-refractivity contribution in [1.82, 2.24) is 10.4 Å². The summed E-state index contributed by atoms with van der Waals surface area (Å²) in [5, 5.41) is 8.92. The molecular formula is C19H18N4O2. The number of carbonyl (C=O) groups is 1. The van der Waals surface area contributed by atoms with Gasteiger partial charge in [-0.2, -0.15) is 5.10 Å². The van der Waals surface area contributed by atoms with Gasteiger partial charge in [0.2, 0.25) is 0 Å². The fourth-order valence-corrected chi connectivity index (χ4v) is 2.33. The Bertz CT molecular complexity index is 913. The van der Waals surface area contributed by atoms with Crippen molar-refractivity contribution in [3.63, 3.8) is 0 Å². The lowest BCUT2D eigenvalue weighted by atomic mass is 10.1. The molecule has 0 spiro atoms. The van der Waals surface area contributed by atoms with Crippen molar-refractivity contribution in [2.45, 2.75) is 6.92 Å². The first kappa shape index (κ1) is 16.4. The minimum atomic E-state index is -0.374. The molecule has 0 bridgehead atoms. The van der Waals surface area contributed by atoms with Crippen LogP contribution in [0.1, 0.15) is 18.1 Å². The third-order valence-corrected chi connectivity index (χ3v) is 3.60. The van der Waals surface area contributed by atoms with Crippen molar-refractivity contribution in [3.05, 3.63) is 71.9 Å². The maximum Gasteiger partial charge on any atom is 0.280 e. The molecule has 1 amide bonds. The Morgan fingerprint density at radius 2 is 1.92 bits per heavy atom.